The maximum atomic E-state index is 13.3. The monoisotopic (exact) mass is 384 g/mol. The highest BCUT2D eigenvalue weighted by Gasteiger charge is 2.46. The van der Waals surface area contributed by atoms with Crippen LogP contribution in [0.3, 0.4) is 0 Å². The van der Waals surface area contributed by atoms with Gasteiger partial charge in [-0.3, -0.25) is 0 Å². The third-order valence-corrected chi connectivity index (χ3v) is 5.69. The molecule has 0 saturated heterocycles. The molecule has 0 spiro atoms. The van der Waals surface area contributed by atoms with Gasteiger partial charge in [0, 0.05) is 13.2 Å². The molecule has 0 aromatic rings. The molecule has 0 aliphatic carbocycles. The van der Waals surface area contributed by atoms with Crippen LogP contribution in [0.2, 0.25) is 0 Å². The molecule has 0 rings (SSSR count). The fraction of sp³-hybridized carbons (Fsp3) is 1.00. The van der Waals surface area contributed by atoms with Crippen LogP contribution < -0.4 is 0 Å². The molecule has 0 aromatic heterocycles. The first-order valence-corrected chi connectivity index (χ1v) is 11.4. The molecule has 0 aliphatic rings. The lowest BCUT2D eigenvalue weighted by Gasteiger charge is -2.29. The van der Waals surface area contributed by atoms with Gasteiger partial charge < -0.3 is 17.7 Å². The fourth-order valence-electron chi connectivity index (χ4n) is 2.14. The molecule has 0 bridgehead atoms. The van der Waals surface area contributed by atoms with E-state index in [1.54, 1.807) is 0 Å². The summed E-state index contributed by atoms with van der Waals surface area (Å²) in [6, 6.07) is 0. The predicted molar refractivity (Wildman–Crippen MR) is 99.0 cm³/mol. The zero-order chi connectivity index (χ0) is 19.0. The van der Waals surface area contributed by atoms with Gasteiger partial charge in [-0.15, -0.1) is 0 Å². The summed E-state index contributed by atoms with van der Waals surface area (Å²) in [7, 11) is -3.52. The molecule has 25 heavy (non-hydrogen) atoms. The number of hydrogen-bond donors (Lipinski definition) is 0. The summed E-state index contributed by atoms with van der Waals surface area (Å²) in [5, 5.41) is 0. The molecule has 0 radical (unpaired) electrons. The van der Waals surface area contributed by atoms with Crippen molar-refractivity contribution in [3.05, 3.63) is 0 Å². The van der Waals surface area contributed by atoms with Crippen molar-refractivity contribution in [1.82, 2.24) is 0 Å². The minimum absolute atomic E-state index is 0.170. The SMILES string of the molecule is CCCCCCO[Si](OCCCCCC)(OCC(C)F)OCC(C)F. The number of alkyl halides is 2. The summed E-state index contributed by atoms with van der Waals surface area (Å²) in [4.78, 5) is 0. The van der Waals surface area contributed by atoms with Crippen LogP contribution in [0.1, 0.15) is 79.1 Å². The van der Waals surface area contributed by atoms with E-state index < -0.39 is 21.4 Å². The van der Waals surface area contributed by atoms with Crippen molar-refractivity contribution >= 4 is 9.05 Å². The van der Waals surface area contributed by atoms with E-state index in [9.17, 15) is 8.78 Å². The van der Waals surface area contributed by atoms with Gasteiger partial charge in [0.1, 0.15) is 12.3 Å². The lowest BCUT2D eigenvalue weighted by molar-refractivity contribution is -0.0507. The van der Waals surface area contributed by atoms with E-state index in [2.05, 4.69) is 13.8 Å². The van der Waals surface area contributed by atoms with Crippen molar-refractivity contribution in [2.75, 3.05) is 26.4 Å². The lowest BCUT2D eigenvalue weighted by Crippen LogP contribution is -2.51. The summed E-state index contributed by atoms with van der Waals surface area (Å²) in [5.41, 5.74) is 0. The van der Waals surface area contributed by atoms with Crippen molar-refractivity contribution in [3.63, 3.8) is 0 Å². The van der Waals surface area contributed by atoms with E-state index in [1.807, 2.05) is 0 Å². The summed E-state index contributed by atoms with van der Waals surface area (Å²) in [6.07, 6.45) is 5.96. The predicted octanol–water partition coefficient (Wildman–Crippen LogP) is 5.37. The van der Waals surface area contributed by atoms with Crippen molar-refractivity contribution in [3.8, 4) is 0 Å². The second-order valence-electron chi connectivity index (χ2n) is 6.50. The van der Waals surface area contributed by atoms with E-state index in [4.69, 9.17) is 17.7 Å². The Morgan fingerprint density at radius 3 is 1.36 bits per heavy atom. The number of hydrogen-bond acceptors (Lipinski definition) is 4. The van der Waals surface area contributed by atoms with Crippen molar-refractivity contribution < 1.29 is 26.5 Å². The number of unbranched alkanes of at least 4 members (excludes halogenated alkanes) is 6. The van der Waals surface area contributed by atoms with Crippen molar-refractivity contribution in [1.29, 1.82) is 0 Å². The molecule has 152 valence electrons. The second kappa shape index (κ2) is 16.1. The smallest absolute Gasteiger partial charge is 0.351 e. The molecular formula is C18H38F2O4Si. The molecule has 0 aliphatic heterocycles. The highest BCUT2D eigenvalue weighted by molar-refractivity contribution is 6.53. The first kappa shape index (κ1) is 24.9. The van der Waals surface area contributed by atoms with Gasteiger partial charge >= 0.3 is 9.05 Å². The Labute approximate surface area is 154 Å². The Morgan fingerprint density at radius 2 is 1.04 bits per heavy atom. The highest BCUT2D eigenvalue weighted by Crippen LogP contribution is 2.17. The Kier molecular flexibility index (Phi) is 16.1. The third-order valence-electron chi connectivity index (χ3n) is 3.53. The van der Waals surface area contributed by atoms with Crippen LogP contribution in [0, 0.1) is 0 Å². The first-order valence-electron chi connectivity index (χ1n) is 9.79. The van der Waals surface area contributed by atoms with Crippen LogP contribution in [0.25, 0.3) is 0 Å². The summed E-state index contributed by atoms with van der Waals surface area (Å²) in [5.74, 6) is 0. The van der Waals surface area contributed by atoms with Gasteiger partial charge in [-0.05, 0) is 26.7 Å². The van der Waals surface area contributed by atoms with Gasteiger partial charge in [-0.1, -0.05) is 52.4 Å². The summed E-state index contributed by atoms with van der Waals surface area (Å²) < 4.78 is 49.3. The topological polar surface area (TPSA) is 36.9 Å². The molecule has 0 N–H and O–H groups in total. The van der Waals surface area contributed by atoms with E-state index in [0.29, 0.717) is 13.2 Å². The quantitative estimate of drug-likeness (QED) is 0.235. The lowest BCUT2D eigenvalue weighted by atomic mass is 10.2. The molecule has 0 amide bonds. The van der Waals surface area contributed by atoms with Crippen molar-refractivity contribution in [2.24, 2.45) is 0 Å². The Balaban J connectivity index is 4.67. The fourth-order valence-corrected chi connectivity index (χ4v) is 4.29. The van der Waals surface area contributed by atoms with Gasteiger partial charge in [0.25, 0.3) is 0 Å². The standard InChI is InChI=1S/C18H38F2O4Si/c1-5-7-9-11-13-21-25(23-15-17(3)19,24-16-18(4)20)22-14-12-10-8-6-2/h17-18H,5-16H2,1-4H3. The molecule has 2 atom stereocenters. The Hall–Kier alpha value is -0.0831. The van der Waals surface area contributed by atoms with E-state index in [0.717, 1.165) is 51.4 Å². The van der Waals surface area contributed by atoms with E-state index in [1.165, 1.54) is 13.8 Å². The van der Waals surface area contributed by atoms with E-state index >= 15 is 0 Å². The van der Waals surface area contributed by atoms with Crippen LogP contribution in [-0.2, 0) is 17.7 Å². The van der Waals surface area contributed by atoms with Crippen LogP contribution in [0.15, 0.2) is 0 Å². The largest absolute Gasteiger partial charge is 0.679 e. The van der Waals surface area contributed by atoms with E-state index in [-0.39, 0.29) is 13.2 Å². The molecule has 7 heteroatoms. The highest BCUT2D eigenvalue weighted by atomic mass is 28.4. The second-order valence-corrected chi connectivity index (χ2v) is 8.66. The Morgan fingerprint density at radius 1 is 0.640 bits per heavy atom. The molecule has 0 fully saturated rings. The van der Waals surface area contributed by atoms with Gasteiger partial charge in [0.05, 0.1) is 13.2 Å². The number of rotatable bonds is 18. The van der Waals surface area contributed by atoms with Crippen LogP contribution in [-0.4, -0.2) is 47.8 Å². The maximum Gasteiger partial charge on any atom is 0.679 e. The van der Waals surface area contributed by atoms with Crippen LogP contribution in [0.5, 0.6) is 0 Å². The molecule has 0 aromatic carbocycles. The van der Waals surface area contributed by atoms with Gasteiger partial charge in [-0.25, -0.2) is 8.78 Å². The zero-order valence-corrected chi connectivity index (χ0v) is 17.5. The van der Waals surface area contributed by atoms with Crippen LogP contribution >= 0.6 is 0 Å². The van der Waals surface area contributed by atoms with Crippen LogP contribution in [0.4, 0.5) is 8.78 Å². The Bertz CT molecular complexity index is 266. The minimum Gasteiger partial charge on any atom is -0.351 e. The average Bonchev–Trinajstić information content (AvgIpc) is 2.57. The first-order chi connectivity index (χ1) is 12.0. The third kappa shape index (κ3) is 14.7. The molecule has 2 unspecified atom stereocenters. The van der Waals surface area contributed by atoms with Crippen molar-refractivity contribution in [2.45, 2.75) is 91.4 Å². The average molecular weight is 385 g/mol. The number of halogens is 2. The normalized spacial score (nSPS) is 14.6. The molecular weight excluding hydrogens is 346 g/mol. The van der Waals surface area contributed by atoms with Gasteiger partial charge in [0.2, 0.25) is 0 Å². The molecule has 0 saturated carbocycles. The molecule has 4 nitrogen and oxygen atoms in total. The summed E-state index contributed by atoms with van der Waals surface area (Å²) >= 11 is 0. The molecule has 0 heterocycles. The minimum atomic E-state index is -3.52. The zero-order valence-electron chi connectivity index (χ0n) is 16.5. The maximum absolute atomic E-state index is 13.3. The van der Waals surface area contributed by atoms with Gasteiger partial charge in [-0.2, -0.15) is 0 Å². The summed E-state index contributed by atoms with van der Waals surface area (Å²) in [6.45, 7) is 7.57. The van der Waals surface area contributed by atoms with Gasteiger partial charge in [0.15, 0.2) is 0 Å².